The van der Waals surface area contributed by atoms with E-state index >= 15 is 0 Å². The summed E-state index contributed by atoms with van der Waals surface area (Å²) in [6.07, 6.45) is -3.38. The van der Waals surface area contributed by atoms with E-state index < -0.39 is 53.6 Å². The molecule has 2 aromatic rings. The maximum Gasteiger partial charge on any atom is 0.303 e. The topological polar surface area (TPSA) is 157 Å². The first-order chi connectivity index (χ1) is 19.0. The second-order valence-corrected chi connectivity index (χ2v) is 10.2. The van der Waals surface area contributed by atoms with Crippen LogP contribution in [0, 0.1) is 0 Å². The van der Waals surface area contributed by atoms with Gasteiger partial charge in [-0.3, -0.25) is 19.2 Å². The standard InChI is InChI=1S/C25H31ClN4O9S/c1-6-30-20(12-36-18-10-8-7-9-17(18)26)28-29-25(30)40-24-21(27-13(2)31)23(38-16(5)34)22(37-15(4)33)19(39-24)11-35-14(3)32/h7-10,19,21-24H,6,11-12H2,1-5H3,(H,27,31)/t19-,21+,22+,23-,24+/m0/s1. The van der Waals surface area contributed by atoms with E-state index in [9.17, 15) is 19.2 Å². The highest BCUT2D eigenvalue weighted by molar-refractivity contribution is 7.99. The van der Waals surface area contributed by atoms with E-state index in [1.54, 1.807) is 28.8 Å². The van der Waals surface area contributed by atoms with Crippen LogP contribution in [-0.2, 0) is 51.3 Å². The predicted octanol–water partition coefficient (Wildman–Crippen LogP) is 2.28. The number of amides is 1. The monoisotopic (exact) mass is 598 g/mol. The zero-order valence-electron chi connectivity index (χ0n) is 22.6. The Labute approximate surface area is 240 Å². The van der Waals surface area contributed by atoms with Gasteiger partial charge in [0.15, 0.2) is 23.2 Å². The minimum absolute atomic E-state index is 0.0749. The van der Waals surface area contributed by atoms with E-state index in [-0.39, 0.29) is 13.2 Å². The molecule has 0 bridgehead atoms. The number of esters is 3. The molecule has 1 aromatic heterocycles. The quantitative estimate of drug-likeness (QED) is 0.298. The third-order valence-corrected chi connectivity index (χ3v) is 7.06. The molecule has 1 fully saturated rings. The molecule has 1 N–H and O–H groups in total. The number of aromatic nitrogens is 3. The minimum atomic E-state index is -1.18. The molecular weight excluding hydrogens is 568 g/mol. The fourth-order valence-electron chi connectivity index (χ4n) is 4.03. The Kier molecular flexibility index (Phi) is 11.2. The Morgan fingerprint density at radius 3 is 2.30 bits per heavy atom. The molecule has 0 radical (unpaired) electrons. The summed E-state index contributed by atoms with van der Waals surface area (Å²) in [4.78, 5) is 47.8. The second kappa shape index (κ2) is 14.3. The van der Waals surface area contributed by atoms with Gasteiger partial charge >= 0.3 is 17.9 Å². The van der Waals surface area contributed by atoms with Crippen molar-refractivity contribution < 1.29 is 42.9 Å². The van der Waals surface area contributed by atoms with Gasteiger partial charge in [-0.1, -0.05) is 35.5 Å². The van der Waals surface area contributed by atoms with Crippen LogP contribution in [-0.4, -0.2) is 75.0 Å². The lowest BCUT2D eigenvalue weighted by Gasteiger charge is -2.44. The molecule has 0 spiro atoms. The summed E-state index contributed by atoms with van der Waals surface area (Å²) in [5.74, 6) is -1.40. The molecule has 1 aliphatic heterocycles. The molecule has 0 aliphatic carbocycles. The third-order valence-electron chi connectivity index (χ3n) is 5.60. The number of ether oxygens (including phenoxy) is 5. The van der Waals surface area contributed by atoms with Gasteiger partial charge in [-0.25, -0.2) is 0 Å². The molecule has 13 nitrogen and oxygen atoms in total. The van der Waals surface area contributed by atoms with Crippen molar-refractivity contribution in [3.63, 3.8) is 0 Å². The summed E-state index contributed by atoms with van der Waals surface area (Å²) in [6.45, 7) is 7.01. The molecule has 40 heavy (non-hydrogen) atoms. The fraction of sp³-hybridized carbons (Fsp3) is 0.520. The zero-order chi connectivity index (χ0) is 29.4. The number of benzene rings is 1. The average molecular weight is 599 g/mol. The van der Waals surface area contributed by atoms with Crippen LogP contribution in [0.2, 0.25) is 5.02 Å². The maximum atomic E-state index is 12.2. The summed E-state index contributed by atoms with van der Waals surface area (Å²) in [6, 6.07) is 6.05. The van der Waals surface area contributed by atoms with Crippen molar-refractivity contribution in [1.29, 1.82) is 0 Å². The van der Waals surface area contributed by atoms with E-state index in [1.165, 1.54) is 27.7 Å². The van der Waals surface area contributed by atoms with Crippen molar-refractivity contribution in [3.8, 4) is 5.75 Å². The van der Waals surface area contributed by atoms with Gasteiger partial charge in [-0.05, 0) is 19.1 Å². The van der Waals surface area contributed by atoms with E-state index in [0.717, 1.165) is 11.8 Å². The number of nitrogens with one attached hydrogen (secondary N) is 1. The summed E-state index contributed by atoms with van der Waals surface area (Å²) < 4.78 is 29.9. The Bertz CT molecular complexity index is 1230. The normalized spacial score (nSPS) is 22.2. The summed E-state index contributed by atoms with van der Waals surface area (Å²) >= 11 is 7.29. The van der Waals surface area contributed by atoms with E-state index in [2.05, 4.69) is 15.5 Å². The molecule has 5 atom stereocenters. The highest BCUT2D eigenvalue weighted by Gasteiger charge is 2.51. The number of hydrogen-bond acceptors (Lipinski definition) is 12. The van der Waals surface area contributed by atoms with Crippen molar-refractivity contribution in [3.05, 3.63) is 35.1 Å². The summed E-state index contributed by atoms with van der Waals surface area (Å²) in [7, 11) is 0. The van der Waals surface area contributed by atoms with Gasteiger partial charge in [-0.2, -0.15) is 0 Å². The Balaban J connectivity index is 1.93. The molecule has 0 saturated carbocycles. The number of carbonyl (C=O) groups excluding carboxylic acids is 4. The highest BCUT2D eigenvalue weighted by atomic mass is 35.5. The van der Waals surface area contributed by atoms with Crippen LogP contribution in [0.25, 0.3) is 0 Å². The smallest absolute Gasteiger partial charge is 0.303 e. The first-order valence-electron chi connectivity index (χ1n) is 12.4. The molecule has 2 heterocycles. The third kappa shape index (κ3) is 8.32. The predicted molar refractivity (Wildman–Crippen MR) is 141 cm³/mol. The van der Waals surface area contributed by atoms with Gasteiger partial charge in [0.25, 0.3) is 0 Å². The van der Waals surface area contributed by atoms with Crippen LogP contribution >= 0.6 is 23.4 Å². The number of nitrogens with zero attached hydrogens (tertiary/aromatic N) is 3. The van der Waals surface area contributed by atoms with Gasteiger partial charge in [0.2, 0.25) is 5.91 Å². The van der Waals surface area contributed by atoms with Crippen molar-refractivity contribution in [2.75, 3.05) is 6.61 Å². The van der Waals surface area contributed by atoms with E-state index in [1.807, 2.05) is 6.92 Å². The Morgan fingerprint density at radius 2 is 1.70 bits per heavy atom. The van der Waals surface area contributed by atoms with E-state index in [4.69, 9.17) is 35.3 Å². The number of rotatable bonds is 11. The van der Waals surface area contributed by atoms with Crippen LogP contribution in [0.4, 0.5) is 0 Å². The van der Waals surface area contributed by atoms with Crippen LogP contribution in [0.5, 0.6) is 5.75 Å². The van der Waals surface area contributed by atoms with Crippen LogP contribution in [0.15, 0.2) is 29.4 Å². The molecule has 1 aromatic carbocycles. The van der Waals surface area contributed by atoms with Crippen LogP contribution in [0.1, 0.15) is 40.4 Å². The van der Waals surface area contributed by atoms with Crippen LogP contribution < -0.4 is 10.1 Å². The lowest BCUT2D eigenvalue weighted by Crippen LogP contribution is -2.65. The number of halogens is 1. The molecule has 15 heteroatoms. The lowest BCUT2D eigenvalue weighted by atomic mass is 9.97. The summed E-state index contributed by atoms with van der Waals surface area (Å²) in [5.41, 5.74) is -0.924. The Morgan fingerprint density at radius 1 is 1.02 bits per heavy atom. The fourth-order valence-corrected chi connectivity index (χ4v) is 5.45. The maximum absolute atomic E-state index is 12.2. The molecule has 218 valence electrons. The number of carbonyl (C=O) groups is 4. The van der Waals surface area contributed by atoms with Crippen molar-refractivity contribution >= 4 is 47.2 Å². The molecular formula is C25H31ClN4O9S. The summed E-state index contributed by atoms with van der Waals surface area (Å²) in [5, 5.41) is 12.1. The van der Waals surface area contributed by atoms with Crippen molar-refractivity contribution in [1.82, 2.24) is 20.1 Å². The average Bonchev–Trinajstić information content (AvgIpc) is 3.26. The number of para-hydroxylation sites is 1. The second-order valence-electron chi connectivity index (χ2n) is 8.70. The highest BCUT2D eigenvalue weighted by Crippen LogP contribution is 2.36. The van der Waals surface area contributed by atoms with Gasteiger partial charge in [0.1, 0.15) is 36.5 Å². The van der Waals surface area contributed by atoms with Crippen molar-refractivity contribution in [2.24, 2.45) is 0 Å². The lowest BCUT2D eigenvalue weighted by molar-refractivity contribution is -0.211. The van der Waals surface area contributed by atoms with E-state index in [0.29, 0.717) is 28.3 Å². The molecule has 1 saturated heterocycles. The molecule has 3 rings (SSSR count). The van der Waals surface area contributed by atoms with Crippen LogP contribution in [0.3, 0.4) is 0 Å². The van der Waals surface area contributed by atoms with Crippen molar-refractivity contribution in [2.45, 2.75) is 82.7 Å². The van der Waals surface area contributed by atoms with Gasteiger partial charge in [-0.15, -0.1) is 10.2 Å². The minimum Gasteiger partial charge on any atom is -0.484 e. The van der Waals surface area contributed by atoms with Gasteiger partial charge < -0.3 is 33.6 Å². The largest absolute Gasteiger partial charge is 0.484 e. The number of thioether (sulfide) groups is 1. The first kappa shape index (κ1) is 31.2. The molecule has 1 aliphatic rings. The Hall–Kier alpha value is -3.36. The SMILES string of the molecule is CCn1c(COc2ccccc2Cl)nnc1S[C@H]1O[C@@H](COC(C)=O)[C@@H](OC(C)=O)[C@@H](OC(C)=O)[C@H]1NC(C)=O. The van der Waals surface area contributed by atoms with Gasteiger partial charge in [0, 0.05) is 34.2 Å². The first-order valence-corrected chi connectivity index (χ1v) is 13.6. The van der Waals surface area contributed by atoms with Gasteiger partial charge in [0.05, 0.1) is 5.02 Å². The molecule has 1 amide bonds. The zero-order valence-corrected chi connectivity index (χ0v) is 24.2. The molecule has 0 unspecified atom stereocenters. The number of hydrogen-bond donors (Lipinski definition) is 1.